The molecule has 9 nitrogen and oxygen atoms in total. The van der Waals surface area contributed by atoms with Crippen LogP contribution in [0.5, 0.6) is 0 Å². The molecule has 1 aliphatic rings. The Balaban J connectivity index is 1.51. The molecule has 0 aliphatic carbocycles. The summed E-state index contributed by atoms with van der Waals surface area (Å²) < 4.78 is 5.05. The summed E-state index contributed by atoms with van der Waals surface area (Å²) in [6.07, 6.45) is 5.71. The summed E-state index contributed by atoms with van der Waals surface area (Å²) >= 11 is 0. The SMILES string of the molecule is CCn1c(=O)c2cnc(Nc3ccc(C4CCN(C)CC4)c(C)c3)nc2n1-c1ccc(=O)n(C(C)C)c1. The lowest BCUT2D eigenvalue weighted by molar-refractivity contribution is 0.255. The van der Waals surface area contributed by atoms with E-state index in [4.69, 9.17) is 4.98 Å². The monoisotopic (exact) mass is 501 g/mol. The zero-order valence-electron chi connectivity index (χ0n) is 22.2. The molecule has 1 saturated heterocycles. The Morgan fingerprint density at radius 1 is 1.11 bits per heavy atom. The minimum Gasteiger partial charge on any atom is -0.324 e. The summed E-state index contributed by atoms with van der Waals surface area (Å²) in [5, 5.41) is 3.76. The zero-order valence-corrected chi connectivity index (χ0v) is 22.2. The maximum absolute atomic E-state index is 13.1. The van der Waals surface area contributed by atoms with Crippen molar-refractivity contribution in [1.82, 2.24) is 28.8 Å². The fourth-order valence-electron chi connectivity index (χ4n) is 5.32. The van der Waals surface area contributed by atoms with E-state index in [1.807, 2.05) is 20.8 Å². The van der Waals surface area contributed by atoms with Crippen LogP contribution in [0.3, 0.4) is 0 Å². The van der Waals surface area contributed by atoms with E-state index in [2.05, 4.69) is 47.4 Å². The molecule has 0 spiro atoms. The van der Waals surface area contributed by atoms with Crippen molar-refractivity contribution in [2.45, 2.75) is 59.0 Å². The van der Waals surface area contributed by atoms with Crippen LogP contribution in [0, 0.1) is 6.92 Å². The molecule has 9 heteroatoms. The molecule has 0 radical (unpaired) electrons. The van der Waals surface area contributed by atoms with Gasteiger partial charge in [-0.25, -0.2) is 14.3 Å². The molecule has 0 unspecified atom stereocenters. The van der Waals surface area contributed by atoms with E-state index >= 15 is 0 Å². The number of benzene rings is 1. The Kier molecular flexibility index (Phi) is 6.72. The van der Waals surface area contributed by atoms with Crippen LogP contribution in [0.25, 0.3) is 16.7 Å². The molecule has 194 valence electrons. The molecule has 1 aliphatic heterocycles. The number of nitrogens with zero attached hydrogens (tertiary/aromatic N) is 6. The van der Waals surface area contributed by atoms with Gasteiger partial charge < -0.3 is 14.8 Å². The Hall–Kier alpha value is -3.72. The number of fused-ring (bicyclic) bond motifs is 1. The van der Waals surface area contributed by atoms with E-state index in [0.29, 0.717) is 35.1 Å². The second-order valence-electron chi connectivity index (χ2n) is 10.3. The molecule has 5 rings (SSSR count). The van der Waals surface area contributed by atoms with Crippen LogP contribution in [-0.4, -0.2) is 48.9 Å². The Labute approximate surface area is 216 Å². The summed E-state index contributed by atoms with van der Waals surface area (Å²) in [5.41, 5.74) is 4.52. The molecule has 0 atom stereocenters. The quantitative estimate of drug-likeness (QED) is 0.426. The number of nitrogens with one attached hydrogen (secondary N) is 1. The second kappa shape index (κ2) is 9.97. The van der Waals surface area contributed by atoms with Gasteiger partial charge in [0.15, 0.2) is 5.65 Å². The normalized spacial score (nSPS) is 15.1. The molecule has 0 bridgehead atoms. The fraction of sp³-hybridized carbons (Fsp3) is 0.429. The molecule has 4 aromatic rings. The van der Waals surface area contributed by atoms with Crippen LogP contribution in [0.1, 0.15) is 56.7 Å². The van der Waals surface area contributed by atoms with E-state index in [-0.39, 0.29) is 17.2 Å². The van der Waals surface area contributed by atoms with Crippen molar-refractivity contribution in [2.75, 3.05) is 25.5 Å². The minimum atomic E-state index is -0.162. The topological polar surface area (TPSA) is 90.0 Å². The molecule has 4 heterocycles. The minimum absolute atomic E-state index is 0.0105. The van der Waals surface area contributed by atoms with E-state index in [1.54, 1.807) is 32.4 Å². The maximum Gasteiger partial charge on any atom is 0.278 e. The lowest BCUT2D eigenvalue weighted by atomic mass is 9.87. The summed E-state index contributed by atoms with van der Waals surface area (Å²) in [5.74, 6) is 1.01. The van der Waals surface area contributed by atoms with E-state index in [0.717, 1.165) is 18.8 Å². The molecule has 1 aromatic carbocycles. The molecular weight excluding hydrogens is 466 g/mol. The van der Waals surface area contributed by atoms with Gasteiger partial charge in [-0.05, 0) is 95.9 Å². The highest BCUT2D eigenvalue weighted by Crippen LogP contribution is 2.31. The summed E-state index contributed by atoms with van der Waals surface area (Å²) in [4.78, 5) is 37.1. The third-order valence-electron chi connectivity index (χ3n) is 7.38. The standard InChI is InChI=1S/C28H35N7O2/c1-6-34-27(37)24-16-29-28(31-26(24)35(34)22-8-10-25(36)33(17-22)18(2)3)30-21-7-9-23(19(4)15-21)20-11-13-32(5)14-12-20/h7-10,15-18,20H,6,11-14H2,1-5H3,(H,29,30,31). The third kappa shape index (κ3) is 4.71. The number of anilines is 2. The predicted molar refractivity (Wildman–Crippen MR) is 147 cm³/mol. The summed E-state index contributed by atoms with van der Waals surface area (Å²) in [7, 11) is 2.18. The van der Waals surface area contributed by atoms with Crippen LogP contribution >= 0.6 is 0 Å². The van der Waals surface area contributed by atoms with Gasteiger partial charge in [0, 0.05) is 36.7 Å². The van der Waals surface area contributed by atoms with Gasteiger partial charge in [0.2, 0.25) is 5.95 Å². The van der Waals surface area contributed by atoms with Gasteiger partial charge in [0.1, 0.15) is 5.39 Å². The number of aryl methyl sites for hydroxylation is 1. The fourth-order valence-corrected chi connectivity index (χ4v) is 5.32. The van der Waals surface area contributed by atoms with Gasteiger partial charge in [-0.2, -0.15) is 4.98 Å². The molecular formula is C28H35N7O2. The Bertz CT molecular complexity index is 1560. The lowest BCUT2D eigenvalue weighted by Gasteiger charge is -2.30. The summed E-state index contributed by atoms with van der Waals surface area (Å²) in [6.45, 7) is 10.7. The Morgan fingerprint density at radius 2 is 1.86 bits per heavy atom. The number of likely N-dealkylation sites (tertiary alicyclic amines) is 1. The third-order valence-corrected chi connectivity index (χ3v) is 7.38. The molecule has 3 aromatic heterocycles. The van der Waals surface area contributed by atoms with Gasteiger partial charge in [-0.3, -0.25) is 9.59 Å². The van der Waals surface area contributed by atoms with Gasteiger partial charge in [-0.1, -0.05) is 6.07 Å². The van der Waals surface area contributed by atoms with E-state index in [9.17, 15) is 9.59 Å². The number of piperidine rings is 1. The average molecular weight is 502 g/mol. The van der Waals surface area contributed by atoms with E-state index < -0.39 is 0 Å². The number of rotatable bonds is 6. The van der Waals surface area contributed by atoms with Crippen LogP contribution < -0.4 is 16.4 Å². The van der Waals surface area contributed by atoms with Crippen molar-refractivity contribution in [2.24, 2.45) is 0 Å². The first-order valence-electron chi connectivity index (χ1n) is 13.0. The predicted octanol–water partition coefficient (Wildman–Crippen LogP) is 4.21. The van der Waals surface area contributed by atoms with Gasteiger partial charge in [0.25, 0.3) is 11.1 Å². The first-order valence-corrected chi connectivity index (χ1v) is 13.0. The number of hydrogen-bond acceptors (Lipinski definition) is 6. The van der Waals surface area contributed by atoms with Crippen molar-refractivity contribution in [3.05, 3.63) is 74.6 Å². The van der Waals surface area contributed by atoms with Gasteiger partial charge in [-0.15, -0.1) is 0 Å². The van der Waals surface area contributed by atoms with Gasteiger partial charge in [0.05, 0.1) is 5.69 Å². The first-order chi connectivity index (χ1) is 17.8. The molecule has 37 heavy (non-hydrogen) atoms. The van der Waals surface area contributed by atoms with Gasteiger partial charge >= 0.3 is 0 Å². The largest absolute Gasteiger partial charge is 0.324 e. The van der Waals surface area contributed by atoms with E-state index in [1.165, 1.54) is 30.0 Å². The van der Waals surface area contributed by atoms with Crippen molar-refractivity contribution in [1.29, 1.82) is 0 Å². The molecule has 1 fully saturated rings. The van der Waals surface area contributed by atoms with Crippen molar-refractivity contribution >= 4 is 22.7 Å². The number of aromatic nitrogens is 5. The molecule has 1 N–H and O–H groups in total. The van der Waals surface area contributed by atoms with Crippen LogP contribution in [0.2, 0.25) is 0 Å². The highest BCUT2D eigenvalue weighted by Gasteiger charge is 2.21. The smallest absolute Gasteiger partial charge is 0.278 e. The summed E-state index contributed by atoms with van der Waals surface area (Å²) in [6, 6.07) is 9.68. The van der Waals surface area contributed by atoms with Crippen molar-refractivity contribution < 1.29 is 0 Å². The second-order valence-corrected chi connectivity index (χ2v) is 10.3. The molecule has 0 amide bonds. The average Bonchev–Trinajstić information content (AvgIpc) is 3.16. The molecule has 0 saturated carbocycles. The Morgan fingerprint density at radius 3 is 2.54 bits per heavy atom. The highest BCUT2D eigenvalue weighted by atomic mass is 16.1. The van der Waals surface area contributed by atoms with Crippen molar-refractivity contribution in [3.8, 4) is 5.69 Å². The first kappa shape index (κ1) is 25.0. The van der Waals surface area contributed by atoms with Crippen molar-refractivity contribution in [3.63, 3.8) is 0 Å². The lowest BCUT2D eigenvalue weighted by Crippen LogP contribution is -2.29. The highest BCUT2D eigenvalue weighted by molar-refractivity contribution is 5.77. The van der Waals surface area contributed by atoms with Crippen LogP contribution in [-0.2, 0) is 6.54 Å². The number of pyridine rings is 1. The maximum atomic E-state index is 13.1. The zero-order chi connectivity index (χ0) is 26.3. The van der Waals surface area contributed by atoms with Crippen LogP contribution in [0.15, 0.2) is 52.3 Å². The number of hydrogen-bond donors (Lipinski definition) is 1. The van der Waals surface area contributed by atoms with Crippen LogP contribution in [0.4, 0.5) is 11.6 Å².